The number of fused-ring (bicyclic) bond motifs is 3. The zero-order valence-corrected chi connectivity index (χ0v) is 30.9. The van der Waals surface area contributed by atoms with E-state index in [1.54, 1.807) is 24.1 Å². The Bertz CT molecular complexity index is 2410. The van der Waals surface area contributed by atoms with Crippen LogP contribution in [0.4, 0.5) is 0 Å². The second-order valence-electron chi connectivity index (χ2n) is 14.1. The quantitative estimate of drug-likeness (QED) is 0.120. The van der Waals surface area contributed by atoms with Crippen molar-refractivity contribution in [2.45, 2.75) is 78.0 Å². The van der Waals surface area contributed by atoms with Crippen molar-refractivity contribution in [1.29, 1.82) is 0 Å². The number of nitrogens with one attached hydrogen (secondary N) is 1. The number of ether oxygens (including phenoxy) is 1. The van der Waals surface area contributed by atoms with Gasteiger partial charge in [0.1, 0.15) is 11.9 Å². The number of imidazole rings is 1. The smallest absolute Gasteiger partial charge is 0.255 e. The van der Waals surface area contributed by atoms with Gasteiger partial charge in [0.2, 0.25) is 23.6 Å². The second-order valence-corrected chi connectivity index (χ2v) is 14.1. The van der Waals surface area contributed by atoms with Crippen LogP contribution in [0.3, 0.4) is 0 Å². The van der Waals surface area contributed by atoms with E-state index in [1.807, 2.05) is 41.4 Å². The number of amides is 4. The number of piperidine rings is 1. The molecule has 0 saturated carbocycles. The number of imide groups is 1. The highest BCUT2D eigenvalue weighted by Gasteiger charge is 2.39. The van der Waals surface area contributed by atoms with Crippen molar-refractivity contribution in [3.63, 3.8) is 0 Å². The molecular weight excluding hydrogens is 695 g/mol. The molecule has 0 spiro atoms. The third-order valence-corrected chi connectivity index (χ3v) is 10.7. The number of aromatic nitrogens is 4. The first-order valence-corrected chi connectivity index (χ1v) is 18.9. The first kappa shape index (κ1) is 35.7. The predicted octanol–water partition coefficient (Wildman–Crippen LogP) is 5.45. The molecule has 278 valence electrons. The van der Waals surface area contributed by atoms with Crippen molar-refractivity contribution in [3.8, 4) is 40.2 Å². The third kappa shape index (κ3) is 7.05. The summed E-state index contributed by atoms with van der Waals surface area (Å²) in [5.41, 5.74) is 6.86. The minimum atomic E-state index is -0.648. The average Bonchev–Trinajstić information content (AvgIpc) is 3.74. The topological polar surface area (TPSA) is 140 Å². The van der Waals surface area contributed by atoms with Crippen molar-refractivity contribution in [2.24, 2.45) is 0 Å². The van der Waals surface area contributed by atoms with E-state index in [-0.39, 0.29) is 24.1 Å². The van der Waals surface area contributed by atoms with Gasteiger partial charge >= 0.3 is 0 Å². The maximum atomic E-state index is 13.1. The van der Waals surface area contributed by atoms with Crippen LogP contribution in [0.1, 0.15) is 79.0 Å². The van der Waals surface area contributed by atoms with E-state index >= 15 is 0 Å². The maximum absolute atomic E-state index is 13.1. The molecule has 1 fully saturated rings. The Morgan fingerprint density at radius 3 is 2.64 bits per heavy atom. The van der Waals surface area contributed by atoms with Gasteiger partial charge in [-0.25, -0.2) is 9.97 Å². The molecule has 0 aliphatic carbocycles. The molecule has 12 nitrogen and oxygen atoms in total. The van der Waals surface area contributed by atoms with Gasteiger partial charge in [-0.05, 0) is 54.5 Å². The van der Waals surface area contributed by atoms with Crippen molar-refractivity contribution in [3.05, 3.63) is 95.2 Å². The number of hydrogen-bond donors (Lipinski definition) is 1. The first-order valence-electron chi connectivity index (χ1n) is 18.9. The molecule has 3 aromatic heterocycles. The van der Waals surface area contributed by atoms with Gasteiger partial charge in [-0.1, -0.05) is 43.0 Å². The summed E-state index contributed by atoms with van der Waals surface area (Å²) in [6.45, 7) is 6.53. The van der Waals surface area contributed by atoms with Crippen LogP contribution in [0.5, 0.6) is 5.88 Å². The highest BCUT2D eigenvalue weighted by atomic mass is 16.5. The van der Waals surface area contributed by atoms with Crippen LogP contribution in [0.2, 0.25) is 0 Å². The van der Waals surface area contributed by atoms with Crippen LogP contribution in [-0.4, -0.2) is 72.1 Å². The summed E-state index contributed by atoms with van der Waals surface area (Å²) in [7, 11) is 0. The van der Waals surface area contributed by atoms with E-state index in [1.165, 1.54) is 0 Å². The van der Waals surface area contributed by atoms with Crippen LogP contribution < -0.4 is 10.1 Å². The van der Waals surface area contributed by atoms with Gasteiger partial charge in [0.15, 0.2) is 0 Å². The van der Waals surface area contributed by atoms with Gasteiger partial charge in [0, 0.05) is 91.9 Å². The van der Waals surface area contributed by atoms with E-state index in [9.17, 15) is 19.2 Å². The largest absolute Gasteiger partial charge is 0.478 e. The first-order chi connectivity index (χ1) is 26.8. The fourth-order valence-corrected chi connectivity index (χ4v) is 7.70. The number of unbranched alkanes of at least 4 members (excludes halogenated alkanes) is 2. The zero-order chi connectivity index (χ0) is 38.1. The van der Waals surface area contributed by atoms with E-state index in [2.05, 4.69) is 51.8 Å². The van der Waals surface area contributed by atoms with Crippen LogP contribution in [-0.2, 0) is 40.4 Å². The molecule has 3 aliphatic heterocycles. The number of rotatable bonds is 9. The molecule has 1 saturated heterocycles. The maximum Gasteiger partial charge on any atom is 0.255 e. The highest BCUT2D eigenvalue weighted by molar-refractivity contribution is 6.05. The fourth-order valence-electron chi connectivity index (χ4n) is 7.70. The molecule has 0 radical (unpaired) electrons. The van der Waals surface area contributed by atoms with Crippen molar-refractivity contribution < 1.29 is 23.9 Å². The van der Waals surface area contributed by atoms with Gasteiger partial charge in [0.25, 0.3) is 5.91 Å². The number of aryl methyl sites for hydroxylation is 1. The minimum absolute atomic E-state index is 0.0729. The SMILES string of the molecule is CCc1nc(-c2cccc3cc(-c4ccc(OCCCCC#Cc5cccc6c5CN(C5CCC(=O)NC5=O)C6=O)nc4)ncc23)c2n1CCN(C(C)=O)C2. The van der Waals surface area contributed by atoms with Gasteiger partial charge in [-0.15, -0.1) is 0 Å². The van der Waals surface area contributed by atoms with Crippen LogP contribution in [0, 0.1) is 11.8 Å². The van der Waals surface area contributed by atoms with E-state index in [4.69, 9.17) is 14.7 Å². The monoisotopic (exact) mass is 735 g/mol. The van der Waals surface area contributed by atoms with Crippen LogP contribution >= 0.6 is 0 Å². The zero-order valence-electron chi connectivity index (χ0n) is 30.9. The van der Waals surface area contributed by atoms with E-state index in [0.29, 0.717) is 50.5 Å². The molecule has 2 aromatic carbocycles. The Hall–Kier alpha value is -6.35. The molecular formula is C43H41N7O5. The molecule has 0 bridgehead atoms. The van der Waals surface area contributed by atoms with Crippen molar-refractivity contribution in [2.75, 3.05) is 13.2 Å². The Kier molecular flexibility index (Phi) is 9.84. The lowest BCUT2D eigenvalue weighted by Crippen LogP contribution is -2.52. The molecule has 4 amide bonds. The Balaban J connectivity index is 0.861. The van der Waals surface area contributed by atoms with Gasteiger partial charge in [0.05, 0.1) is 30.2 Å². The molecule has 3 aliphatic rings. The lowest BCUT2D eigenvalue weighted by atomic mass is 10.0. The summed E-state index contributed by atoms with van der Waals surface area (Å²) >= 11 is 0. The van der Waals surface area contributed by atoms with Crippen molar-refractivity contribution in [1.82, 2.24) is 34.6 Å². The average molecular weight is 736 g/mol. The Morgan fingerprint density at radius 1 is 0.982 bits per heavy atom. The number of pyridine rings is 2. The third-order valence-electron chi connectivity index (χ3n) is 10.7. The number of carbonyl (C=O) groups excluding carboxylic acids is 4. The Morgan fingerprint density at radius 2 is 1.84 bits per heavy atom. The standard InChI is InChI=1S/C43H41N7O5/c1-3-38-46-41(37-26-48(27(2)51)19-20-49(37)38)31-13-9-12-29-22-35(44-24-33(29)31)30-15-18-40(45-23-30)55-21-7-5-4-6-10-28-11-8-14-32-34(28)25-50(43(32)54)36-16-17-39(52)47-42(36)53/h8-9,11-15,18,22-24,36H,3-5,7,16-17,19-21,25-26H2,1-2H3,(H,47,52,53). The molecule has 1 unspecified atom stereocenters. The minimum Gasteiger partial charge on any atom is -0.478 e. The lowest BCUT2D eigenvalue weighted by Gasteiger charge is -2.29. The summed E-state index contributed by atoms with van der Waals surface area (Å²) in [6, 6.07) is 16.9. The van der Waals surface area contributed by atoms with Gasteiger partial charge < -0.3 is 19.1 Å². The molecule has 6 heterocycles. The van der Waals surface area contributed by atoms with Gasteiger partial charge in [-0.3, -0.25) is 29.5 Å². The summed E-state index contributed by atoms with van der Waals surface area (Å²) in [5, 5.41) is 4.39. The number of benzene rings is 2. The number of carbonyl (C=O) groups is 4. The predicted molar refractivity (Wildman–Crippen MR) is 205 cm³/mol. The Labute approximate surface area is 318 Å². The second kappa shape index (κ2) is 15.2. The summed E-state index contributed by atoms with van der Waals surface area (Å²) in [4.78, 5) is 67.1. The molecule has 1 N–H and O–H groups in total. The fraction of sp³-hybridized carbons (Fsp3) is 0.326. The molecule has 5 aromatic rings. The summed E-state index contributed by atoms with van der Waals surface area (Å²) < 4.78 is 8.19. The van der Waals surface area contributed by atoms with Crippen LogP contribution in [0.15, 0.2) is 67.0 Å². The number of hydrogen-bond acceptors (Lipinski definition) is 8. The van der Waals surface area contributed by atoms with Gasteiger partial charge in [-0.2, -0.15) is 0 Å². The molecule has 8 rings (SSSR count). The highest BCUT2D eigenvalue weighted by Crippen LogP contribution is 2.35. The molecule has 1 atom stereocenters. The normalized spacial score (nSPS) is 16.4. The number of nitrogens with zero attached hydrogens (tertiary/aromatic N) is 6. The van der Waals surface area contributed by atoms with Crippen molar-refractivity contribution >= 4 is 34.4 Å². The summed E-state index contributed by atoms with van der Waals surface area (Å²) in [6.07, 6.45) is 7.35. The molecule has 12 heteroatoms. The lowest BCUT2D eigenvalue weighted by molar-refractivity contribution is -0.137. The summed E-state index contributed by atoms with van der Waals surface area (Å²) in [5.74, 6) is 7.17. The van der Waals surface area contributed by atoms with E-state index < -0.39 is 11.9 Å². The molecule has 55 heavy (non-hydrogen) atoms. The van der Waals surface area contributed by atoms with E-state index in [0.717, 1.165) is 81.7 Å². The van der Waals surface area contributed by atoms with Crippen LogP contribution in [0.25, 0.3) is 33.3 Å².